The van der Waals surface area contributed by atoms with Crippen molar-refractivity contribution in [3.63, 3.8) is 0 Å². The molecule has 6 heteroatoms. The molecule has 80 valence electrons. The number of aliphatic carboxylic acids is 1. The van der Waals surface area contributed by atoms with E-state index in [2.05, 4.69) is 5.32 Å². The predicted molar refractivity (Wildman–Crippen MR) is 54.1 cm³/mol. The molecule has 0 aliphatic carbocycles. The van der Waals surface area contributed by atoms with Gasteiger partial charge in [-0.05, 0) is 0 Å². The molecular weight excluding hydrogens is 204 g/mol. The Morgan fingerprint density at radius 3 is 2.64 bits per heavy atom. The molecule has 0 aromatic carbocycles. The van der Waals surface area contributed by atoms with E-state index in [1.807, 2.05) is 0 Å². The molecule has 1 saturated heterocycles. The molecule has 1 amide bonds. The van der Waals surface area contributed by atoms with Crippen LogP contribution < -0.4 is 5.32 Å². The number of hydrogen-bond acceptors (Lipinski definition) is 4. The third kappa shape index (κ3) is 2.88. The Morgan fingerprint density at radius 1 is 1.57 bits per heavy atom. The summed E-state index contributed by atoms with van der Waals surface area (Å²) in [6.07, 6.45) is 0.349. The quantitative estimate of drug-likeness (QED) is 0.673. The first-order chi connectivity index (χ1) is 6.50. The Kier molecular flexibility index (Phi) is 3.77. The van der Waals surface area contributed by atoms with Gasteiger partial charge in [0.05, 0.1) is 11.8 Å². The zero-order valence-corrected chi connectivity index (χ0v) is 9.00. The third-order valence-corrected chi connectivity index (χ3v) is 3.24. The zero-order valence-electron chi connectivity index (χ0n) is 8.19. The first-order valence-electron chi connectivity index (χ1n) is 4.31. The van der Waals surface area contributed by atoms with Gasteiger partial charge in [-0.2, -0.15) is 0 Å². The number of hydrogen-bond donors (Lipinski definition) is 2. The summed E-state index contributed by atoms with van der Waals surface area (Å²) in [7, 11) is 3.38. The average molecular weight is 218 g/mol. The number of thioether (sulfide) groups is 1. The fraction of sp³-hybridized carbons (Fsp3) is 0.750. The van der Waals surface area contributed by atoms with Crippen LogP contribution in [0.25, 0.3) is 0 Å². The SMILES string of the molecule is CN(C)C(=O)CC1NC(C(=O)O)CS1. The van der Waals surface area contributed by atoms with E-state index in [0.29, 0.717) is 12.2 Å². The van der Waals surface area contributed by atoms with Crippen molar-refractivity contribution in [3.05, 3.63) is 0 Å². The number of carbonyl (C=O) groups excluding carboxylic acids is 1. The summed E-state index contributed by atoms with van der Waals surface area (Å²) < 4.78 is 0. The van der Waals surface area contributed by atoms with Gasteiger partial charge in [0.1, 0.15) is 6.04 Å². The molecule has 1 aliphatic heterocycles. The summed E-state index contributed by atoms with van der Waals surface area (Å²) in [6.45, 7) is 0. The molecular formula is C8H14N2O3S. The maximum Gasteiger partial charge on any atom is 0.321 e. The van der Waals surface area contributed by atoms with E-state index in [9.17, 15) is 9.59 Å². The molecule has 2 N–H and O–H groups in total. The zero-order chi connectivity index (χ0) is 10.7. The first kappa shape index (κ1) is 11.3. The number of carboxylic acids is 1. The van der Waals surface area contributed by atoms with Crippen molar-refractivity contribution >= 4 is 23.6 Å². The van der Waals surface area contributed by atoms with Crippen molar-refractivity contribution in [2.75, 3.05) is 19.8 Å². The highest BCUT2D eigenvalue weighted by molar-refractivity contribution is 8.00. The molecule has 5 nitrogen and oxygen atoms in total. The normalized spacial score (nSPS) is 26.1. The summed E-state index contributed by atoms with van der Waals surface area (Å²) >= 11 is 1.49. The smallest absolute Gasteiger partial charge is 0.321 e. The lowest BCUT2D eigenvalue weighted by atomic mass is 10.3. The van der Waals surface area contributed by atoms with E-state index in [0.717, 1.165) is 0 Å². The summed E-state index contributed by atoms with van der Waals surface area (Å²) in [5.74, 6) is -0.306. The van der Waals surface area contributed by atoms with Crippen molar-refractivity contribution in [1.82, 2.24) is 10.2 Å². The minimum atomic E-state index is -0.850. The first-order valence-corrected chi connectivity index (χ1v) is 5.36. The molecule has 14 heavy (non-hydrogen) atoms. The molecule has 0 spiro atoms. The van der Waals surface area contributed by atoms with Gasteiger partial charge in [-0.3, -0.25) is 14.9 Å². The third-order valence-electron chi connectivity index (χ3n) is 2.01. The maximum absolute atomic E-state index is 11.3. The van der Waals surface area contributed by atoms with Gasteiger partial charge < -0.3 is 10.0 Å². The summed E-state index contributed by atoms with van der Waals surface area (Å²) in [4.78, 5) is 23.4. The lowest BCUT2D eigenvalue weighted by Crippen LogP contribution is -2.38. The summed E-state index contributed by atoms with van der Waals surface area (Å²) in [5, 5.41) is 11.5. The number of nitrogens with zero attached hydrogens (tertiary/aromatic N) is 1. The van der Waals surface area contributed by atoms with Crippen LogP contribution in [-0.4, -0.2) is 53.1 Å². The molecule has 0 radical (unpaired) electrons. The van der Waals surface area contributed by atoms with Crippen molar-refractivity contribution < 1.29 is 14.7 Å². The van der Waals surface area contributed by atoms with Gasteiger partial charge in [-0.1, -0.05) is 0 Å². The van der Waals surface area contributed by atoms with Crippen LogP contribution in [0, 0.1) is 0 Å². The second-order valence-electron chi connectivity index (χ2n) is 3.37. The lowest BCUT2D eigenvalue weighted by Gasteiger charge is -2.14. The largest absolute Gasteiger partial charge is 0.480 e. The van der Waals surface area contributed by atoms with E-state index >= 15 is 0 Å². The molecule has 1 heterocycles. The topological polar surface area (TPSA) is 69.6 Å². The van der Waals surface area contributed by atoms with Gasteiger partial charge in [0.25, 0.3) is 0 Å². The Balaban J connectivity index is 2.36. The molecule has 2 unspecified atom stereocenters. The van der Waals surface area contributed by atoms with Crippen molar-refractivity contribution in [2.45, 2.75) is 17.8 Å². The number of carbonyl (C=O) groups is 2. The van der Waals surface area contributed by atoms with E-state index in [1.165, 1.54) is 16.7 Å². The number of amides is 1. The van der Waals surface area contributed by atoms with Gasteiger partial charge in [-0.25, -0.2) is 0 Å². The van der Waals surface area contributed by atoms with E-state index in [1.54, 1.807) is 14.1 Å². The monoisotopic (exact) mass is 218 g/mol. The van der Waals surface area contributed by atoms with Crippen LogP contribution in [0.2, 0.25) is 0 Å². The lowest BCUT2D eigenvalue weighted by molar-refractivity contribution is -0.139. The highest BCUT2D eigenvalue weighted by Crippen LogP contribution is 2.21. The fourth-order valence-corrected chi connectivity index (χ4v) is 2.32. The van der Waals surface area contributed by atoms with Gasteiger partial charge >= 0.3 is 5.97 Å². The van der Waals surface area contributed by atoms with Crippen molar-refractivity contribution in [1.29, 1.82) is 0 Å². The molecule has 1 aliphatic rings. The average Bonchev–Trinajstić information content (AvgIpc) is 2.52. The molecule has 1 rings (SSSR count). The highest BCUT2D eigenvalue weighted by Gasteiger charge is 2.30. The minimum absolute atomic E-state index is 0.0149. The van der Waals surface area contributed by atoms with Gasteiger partial charge in [0.15, 0.2) is 0 Å². The molecule has 0 aromatic heterocycles. The summed E-state index contributed by atoms with van der Waals surface area (Å²) in [5.41, 5.74) is 0. The van der Waals surface area contributed by atoms with Gasteiger partial charge in [-0.15, -0.1) is 11.8 Å². The van der Waals surface area contributed by atoms with Crippen LogP contribution >= 0.6 is 11.8 Å². The minimum Gasteiger partial charge on any atom is -0.480 e. The molecule has 0 saturated carbocycles. The van der Waals surface area contributed by atoms with Crippen molar-refractivity contribution in [3.8, 4) is 0 Å². The van der Waals surface area contributed by atoms with Gasteiger partial charge in [0.2, 0.25) is 5.91 Å². The Bertz CT molecular complexity index is 245. The molecule has 0 aromatic rings. The second-order valence-corrected chi connectivity index (χ2v) is 4.61. The number of nitrogens with one attached hydrogen (secondary N) is 1. The van der Waals surface area contributed by atoms with Crippen LogP contribution in [0.5, 0.6) is 0 Å². The predicted octanol–water partition coefficient (Wildman–Crippen LogP) is -0.420. The Labute approximate surface area is 86.8 Å². The molecule has 0 bridgehead atoms. The standard InChI is InChI=1S/C8H14N2O3S/c1-10(2)7(11)3-6-9-5(4-14-6)8(12)13/h5-6,9H,3-4H2,1-2H3,(H,12,13). The van der Waals surface area contributed by atoms with E-state index < -0.39 is 12.0 Å². The number of rotatable bonds is 3. The van der Waals surface area contributed by atoms with Crippen molar-refractivity contribution in [2.24, 2.45) is 0 Å². The molecule has 2 atom stereocenters. The Morgan fingerprint density at radius 2 is 2.21 bits per heavy atom. The second kappa shape index (κ2) is 4.65. The molecule has 1 fully saturated rings. The van der Waals surface area contributed by atoms with Gasteiger partial charge in [0, 0.05) is 19.8 Å². The maximum atomic E-state index is 11.3. The fourth-order valence-electron chi connectivity index (χ4n) is 1.13. The summed E-state index contributed by atoms with van der Waals surface area (Å²) in [6, 6.07) is -0.514. The van der Waals surface area contributed by atoms with E-state index in [4.69, 9.17) is 5.11 Å². The van der Waals surface area contributed by atoms with Crippen LogP contribution in [-0.2, 0) is 9.59 Å². The highest BCUT2D eigenvalue weighted by atomic mass is 32.2. The van der Waals surface area contributed by atoms with E-state index in [-0.39, 0.29) is 11.3 Å². The van der Waals surface area contributed by atoms with Crippen LogP contribution in [0.4, 0.5) is 0 Å². The van der Waals surface area contributed by atoms with Crippen LogP contribution in [0.3, 0.4) is 0 Å². The Hall–Kier alpha value is -0.750. The number of carboxylic acid groups (broad SMARTS) is 1. The van der Waals surface area contributed by atoms with Crippen LogP contribution in [0.15, 0.2) is 0 Å². The van der Waals surface area contributed by atoms with Crippen LogP contribution in [0.1, 0.15) is 6.42 Å².